The van der Waals surface area contributed by atoms with Crippen molar-refractivity contribution in [1.82, 2.24) is 0 Å². The van der Waals surface area contributed by atoms with Crippen LogP contribution < -0.4 is 0 Å². The summed E-state index contributed by atoms with van der Waals surface area (Å²) in [6, 6.07) is 0. The van der Waals surface area contributed by atoms with E-state index < -0.39 is 0 Å². The summed E-state index contributed by atoms with van der Waals surface area (Å²) < 4.78 is 5.23. The van der Waals surface area contributed by atoms with Crippen LogP contribution in [0.5, 0.6) is 0 Å². The fourth-order valence-electron chi connectivity index (χ4n) is 2.80. The molecule has 0 aromatic carbocycles. The molecule has 1 radical (unpaired) electrons. The lowest BCUT2D eigenvalue weighted by atomic mass is 10.0. The van der Waals surface area contributed by atoms with Crippen molar-refractivity contribution in [2.75, 3.05) is 6.61 Å². The quantitative estimate of drug-likeness (QED) is 0.239. The van der Waals surface area contributed by atoms with Crippen LogP contribution in [0.3, 0.4) is 0 Å². The van der Waals surface area contributed by atoms with Crippen molar-refractivity contribution < 1.29 is 4.74 Å². The summed E-state index contributed by atoms with van der Waals surface area (Å²) in [5.74, 6) is 0. The van der Waals surface area contributed by atoms with E-state index in [2.05, 4.69) is 6.92 Å². The highest BCUT2D eigenvalue weighted by molar-refractivity contribution is 4.53. The summed E-state index contributed by atoms with van der Waals surface area (Å²) in [4.78, 5) is 0. The Bertz CT molecular complexity index is 149. The highest BCUT2D eigenvalue weighted by atomic mass is 16.5. The molecule has 0 saturated heterocycles. The fraction of sp³-hybridized carbons (Fsp3) is 0.950. The molecule has 0 aliphatic carbocycles. The van der Waals surface area contributed by atoms with Crippen LogP contribution in [-0.2, 0) is 4.74 Å². The maximum absolute atomic E-state index is 5.23. The summed E-state index contributed by atoms with van der Waals surface area (Å²) in [6.45, 7) is 7.13. The van der Waals surface area contributed by atoms with E-state index in [1.807, 2.05) is 13.5 Å². The van der Waals surface area contributed by atoms with Crippen LogP contribution in [0.25, 0.3) is 0 Å². The van der Waals surface area contributed by atoms with Gasteiger partial charge in [0.2, 0.25) is 0 Å². The molecule has 127 valence electrons. The van der Waals surface area contributed by atoms with E-state index in [9.17, 15) is 0 Å². The van der Waals surface area contributed by atoms with Gasteiger partial charge in [-0.25, -0.2) is 0 Å². The maximum Gasteiger partial charge on any atom is 0.0836 e. The number of rotatable bonds is 18. The van der Waals surface area contributed by atoms with Crippen LogP contribution in [0.1, 0.15) is 117 Å². The first-order valence-electron chi connectivity index (χ1n) is 9.85. The molecule has 0 unspecified atom stereocenters. The lowest BCUT2D eigenvalue weighted by Gasteiger charge is -2.03. The van der Waals surface area contributed by atoms with Crippen LogP contribution in [0.15, 0.2) is 0 Å². The summed E-state index contributed by atoms with van der Waals surface area (Å²) in [6.07, 6.45) is 22.6. The van der Waals surface area contributed by atoms with E-state index in [-0.39, 0.29) is 0 Å². The molecule has 0 heterocycles. The third kappa shape index (κ3) is 20.0. The van der Waals surface area contributed by atoms with E-state index in [1.165, 1.54) is 96.3 Å². The second kappa shape index (κ2) is 20.0. The molecule has 0 aliphatic rings. The van der Waals surface area contributed by atoms with Crippen LogP contribution in [-0.4, -0.2) is 6.61 Å². The number of hydrogen-bond acceptors (Lipinski definition) is 1. The Morgan fingerprint density at radius 3 is 1.29 bits per heavy atom. The molecule has 0 aromatic rings. The first-order valence-corrected chi connectivity index (χ1v) is 9.85. The van der Waals surface area contributed by atoms with Gasteiger partial charge >= 0.3 is 0 Å². The highest BCUT2D eigenvalue weighted by Gasteiger charge is 1.94. The van der Waals surface area contributed by atoms with Crippen molar-refractivity contribution in [2.24, 2.45) is 0 Å². The lowest BCUT2D eigenvalue weighted by Crippen LogP contribution is -1.87. The minimum absolute atomic E-state index is 0.818. The Kier molecular flexibility index (Phi) is 19.9. The van der Waals surface area contributed by atoms with Gasteiger partial charge in [-0.3, -0.25) is 0 Å². The normalized spacial score (nSPS) is 11.1. The summed E-state index contributed by atoms with van der Waals surface area (Å²) in [5, 5.41) is 0. The van der Waals surface area contributed by atoms with Gasteiger partial charge in [-0.2, -0.15) is 0 Å². The summed E-state index contributed by atoms with van der Waals surface area (Å²) in [7, 11) is 0. The van der Waals surface area contributed by atoms with E-state index in [0.29, 0.717) is 0 Å². The number of ether oxygens (including phenoxy) is 1. The zero-order valence-corrected chi connectivity index (χ0v) is 15.0. The third-order valence-corrected chi connectivity index (χ3v) is 4.21. The van der Waals surface area contributed by atoms with Crippen LogP contribution in [0, 0.1) is 6.61 Å². The molecule has 1 heteroatoms. The number of unbranched alkanes of at least 4 members (excludes halogenated alkanes) is 15. The van der Waals surface area contributed by atoms with Gasteiger partial charge in [-0.05, 0) is 13.3 Å². The number of hydrogen-bond donors (Lipinski definition) is 0. The molecule has 21 heavy (non-hydrogen) atoms. The van der Waals surface area contributed by atoms with Crippen molar-refractivity contribution in [2.45, 2.75) is 117 Å². The molecule has 0 amide bonds. The maximum atomic E-state index is 5.23. The highest BCUT2D eigenvalue weighted by Crippen LogP contribution is 2.13. The molecular weight excluding hydrogens is 256 g/mol. The molecule has 0 bridgehead atoms. The summed E-state index contributed by atoms with van der Waals surface area (Å²) >= 11 is 0. The van der Waals surface area contributed by atoms with Gasteiger partial charge in [-0.15, -0.1) is 0 Å². The monoisotopic (exact) mass is 297 g/mol. The van der Waals surface area contributed by atoms with Crippen LogP contribution in [0.2, 0.25) is 0 Å². The molecular formula is C20H41O. The first-order chi connectivity index (χ1) is 10.4. The smallest absolute Gasteiger partial charge is 0.0836 e. The Morgan fingerprint density at radius 1 is 0.524 bits per heavy atom. The van der Waals surface area contributed by atoms with Gasteiger partial charge in [-0.1, -0.05) is 103 Å². The van der Waals surface area contributed by atoms with Gasteiger partial charge < -0.3 is 4.74 Å². The predicted molar refractivity (Wildman–Crippen MR) is 95.5 cm³/mol. The van der Waals surface area contributed by atoms with Crippen molar-refractivity contribution in [3.05, 3.63) is 6.61 Å². The molecule has 0 N–H and O–H groups in total. The standard InChI is InChI=1S/C20H41O/c1-3-5-6-7-8-9-10-11-12-13-14-15-16-17-18-19-20-21-4-2/h20H,3-19H2,1-2H3. The molecule has 1 nitrogen and oxygen atoms in total. The van der Waals surface area contributed by atoms with Crippen molar-refractivity contribution in [3.8, 4) is 0 Å². The van der Waals surface area contributed by atoms with Crippen molar-refractivity contribution in [1.29, 1.82) is 0 Å². The molecule has 0 fully saturated rings. The predicted octanol–water partition coefficient (Wildman–Crippen LogP) is 7.45. The van der Waals surface area contributed by atoms with E-state index in [4.69, 9.17) is 4.74 Å². The van der Waals surface area contributed by atoms with Crippen molar-refractivity contribution in [3.63, 3.8) is 0 Å². The van der Waals surface area contributed by atoms with Gasteiger partial charge in [0.1, 0.15) is 0 Å². The summed E-state index contributed by atoms with van der Waals surface area (Å²) in [5.41, 5.74) is 0. The zero-order chi connectivity index (χ0) is 15.4. The van der Waals surface area contributed by atoms with Crippen LogP contribution in [0.4, 0.5) is 0 Å². The Morgan fingerprint density at radius 2 is 0.905 bits per heavy atom. The molecule has 0 aromatic heterocycles. The first kappa shape index (κ1) is 21.0. The van der Waals surface area contributed by atoms with E-state index in [0.717, 1.165) is 13.0 Å². The minimum Gasteiger partial charge on any atom is -0.376 e. The average Bonchev–Trinajstić information content (AvgIpc) is 2.50. The van der Waals surface area contributed by atoms with Gasteiger partial charge in [0.15, 0.2) is 0 Å². The topological polar surface area (TPSA) is 9.23 Å². The Balaban J connectivity index is 2.90. The second-order valence-electron chi connectivity index (χ2n) is 6.36. The van der Waals surface area contributed by atoms with Gasteiger partial charge in [0, 0.05) is 6.61 Å². The molecule has 0 atom stereocenters. The SMILES string of the molecule is CCCCCCCCCCCCCCCCC[CH]OCC. The van der Waals surface area contributed by atoms with Gasteiger partial charge in [0.25, 0.3) is 0 Å². The van der Waals surface area contributed by atoms with Gasteiger partial charge in [0.05, 0.1) is 6.61 Å². The van der Waals surface area contributed by atoms with E-state index in [1.54, 1.807) is 0 Å². The third-order valence-electron chi connectivity index (χ3n) is 4.21. The molecule has 0 saturated carbocycles. The molecule has 0 aliphatic heterocycles. The van der Waals surface area contributed by atoms with E-state index >= 15 is 0 Å². The lowest BCUT2D eigenvalue weighted by molar-refractivity contribution is 0.205. The Hall–Kier alpha value is -0.0400. The fourth-order valence-corrected chi connectivity index (χ4v) is 2.80. The minimum atomic E-state index is 0.818. The molecule has 0 rings (SSSR count). The second-order valence-corrected chi connectivity index (χ2v) is 6.36. The van der Waals surface area contributed by atoms with Crippen molar-refractivity contribution >= 4 is 0 Å². The zero-order valence-electron chi connectivity index (χ0n) is 15.0. The Labute approximate surface area is 135 Å². The largest absolute Gasteiger partial charge is 0.376 e. The van der Waals surface area contributed by atoms with Crippen LogP contribution >= 0.6 is 0 Å². The molecule has 0 spiro atoms. The average molecular weight is 298 g/mol.